The van der Waals surface area contributed by atoms with Gasteiger partial charge in [-0.2, -0.15) is 0 Å². The predicted octanol–water partition coefficient (Wildman–Crippen LogP) is 3.28. The number of piperidine rings is 1. The van der Waals surface area contributed by atoms with Gasteiger partial charge in [0, 0.05) is 29.7 Å². The summed E-state index contributed by atoms with van der Waals surface area (Å²) in [7, 11) is 4.05. The Bertz CT molecular complexity index is 490. The van der Waals surface area contributed by atoms with Crippen molar-refractivity contribution in [2.75, 3.05) is 14.2 Å². The molecule has 2 aliphatic heterocycles. The van der Waals surface area contributed by atoms with Gasteiger partial charge >= 0.3 is 0 Å². The summed E-state index contributed by atoms with van der Waals surface area (Å²) >= 11 is 0. The van der Waals surface area contributed by atoms with Gasteiger partial charge in [0.1, 0.15) is 5.75 Å². The highest BCUT2D eigenvalue weighted by atomic mass is 16.5. The Hall–Kier alpha value is -1.06. The Morgan fingerprint density at radius 3 is 2.52 bits per heavy atom. The minimum Gasteiger partial charge on any atom is -0.496 e. The normalized spacial score (nSPS) is 29.7. The van der Waals surface area contributed by atoms with Crippen molar-refractivity contribution in [3.05, 3.63) is 29.3 Å². The molecule has 21 heavy (non-hydrogen) atoms. The van der Waals surface area contributed by atoms with Crippen LogP contribution in [0.4, 0.5) is 0 Å². The summed E-state index contributed by atoms with van der Waals surface area (Å²) in [6, 6.07) is 9.05. The van der Waals surface area contributed by atoms with Crippen LogP contribution in [0.5, 0.6) is 5.75 Å². The fraction of sp³-hybridized carbons (Fsp3) is 0.667. The molecule has 0 radical (unpaired) electrons. The van der Waals surface area contributed by atoms with Gasteiger partial charge in [0.2, 0.25) is 0 Å². The minimum atomic E-state index is 0.391. The summed E-state index contributed by atoms with van der Waals surface area (Å²) in [5.74, 6) is 1.01. The number of fused-ring (bicyclic) bond motifs is 2. The van der Waals surface area contributed by atoms with Gasteiger partial charge in [-0.05, 0) is 52.6 Å². The van der Waals surface area contributed by atoms with Gasteiger partial charge in [0.15, 0.2) is 0 Å². The lowest BCUT2D eigenvalue weighted by Crippen LogP contribution is -2.47. The van der Waals surface area contributed by atoms with Crippen LogP contribution in [0.3, 0.4) is 0 Å². The van der Waals surface area contributed by atoms with Crippen LogP contribution >= 0.6 is 0 Å². The topological polar surface area (TPSA) is 24.5 Å². The molecule has 116 valence electrons. The van der Waals surface area contributed by atoms with E-state index in [1.807, 2.05) is 0 Å². The lowest BCUT2D eigenvalue weighted by atomic mass is 9.95. The number of ether oxygens (including phenoxy) is 1. The van der Waals surface area contributed by atoms with Crippen LogP contribution in [0.2, 0.25) is 0 Å². The van der Waals surface area contributed by atoms with E-state index >= 15 is 0 Å². The third-order valence-corrected chi connectivity index (χ3v) is 5.47. The maximum atomic E-state index is 5.57. The number of rotatable bonds is 4. The first-order valence-corrected chi connectivity index (χ1v) is 8.21. The Labute approximate surface area is 128 Å². The first kappa shape index (κ1) is 14.9. The van der Waals surface area contributed by atoms with Gasteiger partial charge in [-0.3, -0.25) is 4.90 Å². The molecule has 2 saturated heterocycles. The average Bonchev–Trinajstić information content (AvgIpc) is 2.84. The smallest absolute Gasteiger partial charge is 0.123 e. The van der Waals surface area contributed by atoms with Crippen LogP contribution in [-0.4, -0.2) is 37.2 Å². The molecule has 3 heteroatoms. The number of aryl methyl sites for hydroxylation is 1. The van der Waals surface area contributed by atoms with E-state index < -0.39 is 0 Å². The van der Waals surface area contributed by atoms with Gasteiger partial charge in [0.25, 0.3) is 0 Å². The molecular weight excluding hydrogens is 260 g/mol. The van der Waals surface area contributed by atoms with Crippen molar-refractivity contribution in [1.82, 2.24) is 10.2 Å². The van der Waals surface area contributed by atoms with Crippen molar-refractivity contribution < 1.29 is 4.74 Å². The highest BCUT2D eigenvalue weighted by molar-refractivity contribution is 5.39. The summed E-state index contributed by atoms with van der Waals surface area (Å²) in [5.41, 5.74) is 2.61. The predicted molar refractivity (Wildman–Crippen MR) is 86.9 cm³/mol. The van der Waals surface area contributed by atoms with Crippen molar-refractivity contribution >= 4 is 0 Å². The molecule has 1 aromatic rings. The molecule has 3 rings (SSSR count). The van der Waals surface area contributed by atoms with Crippen molar-refractivity contribution in [2.45, 2.75) is 63.7 Å². The Morgan fingerprint density at radius 2 is 1.90 bits per heavy atom. The number of hydrogen-bond acceptors (Lipinski definition) is 3. The molecule has 3 atom stereocenters. The zero-order chi connectivity index (χ0) is 15.0. The maximum Gasteiger partial charge on any atom is 0.123 e. The van der Waals surface area contributed by atoms with Crippen molar-refractivity contribution in [1.29, 1.82) is 0 Å². The lowest BCUT2D eigenvalue weighted by molar-refractivity contribution is 0.131. The van der Waals surface area contributed by atoms with Crippen LogP contribution < -0.4 is 10.1 Å². The molecule has 3 nitrogen and oxygen atoms in total. The standard InChI is InChI=1S/C18H28N2O/c1-12-5-8-18(21-4)17(9-12)13(2)20(3)16-10-14-6-7-15(11-16)19-14/h5,8-9,13-16,19H,6-7,10-11H2,1-4H3. The zero-order valence-electron chi connectivity index (χ0n) is 13.7. The van der Waals surface area contributed by atoms with Crippen LogP contribution in [-0.2, 0) is 0 Å². The molecule has 2 aliphatic rings. The SMILES string of the molecule is COc1ccc(C)cc1C(C)N(C)C1CC2CCC(C1)N2. The lowest BCUT2D eigenvalue weighted by Gasteiger charge is -2.39. The number of nitrogens with one attached hydrogen (secondary N) is 1. The molecule has 2 fully saturated rings. The molecule has 1 N–H and O–H groups in total. The van der Waals surface area contributed by atoms with Crippen LogP contribution in [0.25, 0.3) is 0 Å². The van der Waals surface area contributed by atoms with E-state index in [1.54, 1.807) is 7.11 Å². The largest absolute Gasteiger partial charge is 0.496 e. The summed E-state index contributed by atoms with van der Waals surface area (Å²) < 4.78 is 5.57. The summed E-state index contributed by atoms with van der Waals surface area (Å²) in [5, 5.41) is 3.73. The molecule has 0 aliphatic carbocycles. The van der Waals surface area contributed by atoms with Crippen LogP contribution in [0.1, 0.15) is 49.8 Å². The number of hydrogen-bond donors (Lipinski definition) is 1. The molecular formula is C18H28N2O. The first-order valence-electron chi connectivity index (χ1n) is 8.21. The van der Waals surface area contributed by atoms with Gasteiger partial charge in [-0.1, -0.05) is 17.7 Å². The minimum absolute atomic E-state index is 0.391. The molecule has 0 spiro atoms. The van der Waals surface area contributed by atoms with E-state index in [0.717, 1.165) is 17.8 Å². The second-order valence-corrected chi connectivity index (χ2v) is 6.85. The average molecular weight is 288 g/mol. The van der Waals surface area contributed by atoms with E-state index in [1.165, 1.54) is 36.8 Å². The van der Waals surface area contributed by atoms with E-state index in [-0.39, 0.29) is 0 Å². The third-order valence-electron chi connectivity index (χ3n) is 5.47. The Balaban J connectivity index is 1.78. The van der Waals surface area contributed by atoms with Gasteiger partial charge in [-0.15, -0.1) is 0 Å². The summed E-state index contributed by atoms with van der Waals surface area (Å²) in [6.45, 7) is 4.46. The molecule has 2 bridgehead atoms. The van der Waals surface area contributed by atoms with E-state index in [0.29, 0.717) is 12.1 Å². The fourth-order valence-electron chi connectivity index (χ4n) is 4.08. The van der Waals surface area contributed by atoms with Crippen molar-refractivity contribution in [3.63, 3.8) is 0 Å². The van der Waals surface area contributed by atoms with Crippen LogP contribution in [0.15, 0.2) is 18.2 Å². The molecule has 3 unspecified atom stereocenters. The second-order valence-electron chi connectivity index (χ2n) is 6.85. The molecule has 0 amide bonds. The van der Waals surface area contributed by atoms with E-state index in [4.69, 9.17) is 4.74 Å². The number of benzene rings is 1. The van der Waals surface area contributed by atoms with E-state index in [2.05, 4.69) is 49.3 Å². The summed E-state index contributed by atoms with van der Waals surface area (Å²) in [4.78, 5) is 2.56. The van der Waals surface area contributed by atoms with E-state index in [9.17, 15) is 0 Å². The van der Waals surface area contributed by atoms with Gasteiger partial charge in [0.05, 0.1) is 7.11 Å². The van der Waals surface area contributed by atoms with Crippen molar-refractivity contribution in [2.24, 2.45) is 0 Å². The summed E-state index contributed by atoms with van der Waals surface area (Å²) in [6.07, 6.45) is 5.28. The molecule has 0 aromatic heterocycles. The first-order chi connectivity index (χ1) is 10.1. The Kier molecular flexibility index (Phi) is 4.23. The van der Waals surface area contributed by atoms with Gasteiger partial charge < -0.3 is 10.1 Å². The van der Waals surface area contributed by atoms with Crippen LogP contribution in [0, 0.1) is 6.92 Å². The Morgan fingerprint density at radius 1 is 1.24 bits per heavy atom. The number of nitrogens with zero attached hydrogens (tertiary/aromatic N) is 1. The maximum absolute atomic E-state index is 5.57. The molecule has 1 aromatic carbocycles. The number of methoxy groups -OCH3 is 1. The monoisotopic (exact) mass is 288 g/mol. The highest BCUT2D eigenvalue weighted by Crippen LogP contribution is 2.35. The fourth-order valence-corrected chi connectivity index (χ4v) is 4.08. The zero-order valence-corrected chi connectivity index (χ0v) is 13.7. The highest BCUT2D eigenvalue weighted by Gasteiger charge is 2.36. The third kappa shape index (κ3) is 2.95. The molecule has 2 heterocycles. The second kappa shape index (κ2) is 5.98. The van der Waals surface area contributed by atoms with Crippen molar-refractivity contribution in [3.8, 4) is 5.75 Å². The quantitative estimate of drug-likeness (QED) is 0.920. The molecule has 0 saturated carbocycles. The van der Waals surface area contributed by atoms with Gasteiger partial charge in [-0.25, -0.2) is 0 Å².